The number of nitrogens with one attached hydrogen (secondary N) is 1. The molecule has 9 nitrogen and oxygen atoms in total. The molecule has 0 spiro atoms. The van der Waals surface area contributed by atoms with Gasteiger partial charge >= 0.3 is 24.4 Å². The molecule has 1 aliphatic carbocycles. The largest absolute Gasteiger partial charge is 0.425 e. The summed E-state index contributed by atoms with van der Waals surface area (Å²) in [5.74, 6) is 0.104. The predicted octanol–water partition coefficient (Wildman–Crippen LogP) is 3.33. The second-order valence-electron chi connectivity index (χ2n) is 8.08. The van der Waals surface area contributed by atoms with Gasteiger partial charge in [0.15, 0.2) is 0 Å². The van der Waals surface area contributed by atoms with Crippen LogP contribution < -0.4 is 15.0 Å². The second-order valence-corrected chi connectivity index (χ2v) is 8.08. The first-order chi connectivity index (χ1) is 15.8. The zero-order valence-corrected chi connectivity index (χ0v) is 17.8. The van der Waals surface area contributed by atoms with Crippen molar-refractivity contribution in [3.05, 3.63) is 35.4 Å². The average Bonchev–Trinajstić information content (AvgIpc) is 3.52. The third kappa shape index (κ3) is 5.93. The Morgan fingerprint density at radius 1 is 1.12 bits per heavy atom. The minimum atomic E-state index is -4.61. The number of amides is 2. The number of aromatic nitrogens is 2. The van der Waals surface area contributed by atoms with Crippen molar-refractivity contribution < 1.29 is 31.9 Å². The van der Waals surface area contributed by atoms with Gasteiger partial charge in [0.1, 0.15) is 0 Å². The molecule has 1 aromatic heterocycles. The van der Waals surface area contributed by atoms with E-state index >= 15 is 0 Å². The van der Waals surface area contributed by atoms with E-state index in [4.69, 9.17) is 9.15 Å². The molecular weight excluding hydrogens is 443 g/mol. The highest BCUT2D eigenvalue weighted by molar-refractivity contribution is 5.96. The van der Waals surface area contributed by atoms with Crippen LogP contribution in [0.1, 0.15) is 41.6 Å². The maximum atomic E-state index is 13.2. The van der Waals surface area contributed by atoms with E-state index in [9.17, 15) is 22.8 Å². The van der Waals surface area contributed by atoms with Crippen LogP contribution in [0.5, 0.6) is 6.08 Å². The Hall–Kier alpha value is -3.31. The minimum absolute atomic E-state index is 0.106. The molecule has 178 valence electrons. The van der Waals surface area contributed by atoms with Crippen LogP contribution in [0.25, 0.3) is 0 Å². The third-order valence-corrected chi connectivity index (χ3v) is 5.63. The van der Waals surface area contributed by atoms with E-state index in [2.05, 4.69) is 15.5 Å². The molecule has 2 aromatic rings. The molecule has 1 saturated heterocycles. The summed E-state index contributed by atoms with van der Waals surface area (Å²) in [6.45, 7) is 1.39. The number of rotatable bonds is 7. The topological polar surface area (TPSA) is 101 Å². The molecule has 1 saturated carbocycles. The quantitative estimate of drug-likeness (QED) is 0.624. The van der Waals surface area contributed by atoms with Crippen molar-refractivity contribution in [1.82, 2.24) is 20.4 Å². The van der Waals surface area contributed by atoms with E-state index in [-0.39, 0.29) is 43.8 Å². The zero-order valence-electron chi connectivity index (χ0n) is 17.8. The first-order valence-electron chi connectivity index (χ1n) is 10.8. The van der Waals surface area contributed by atoms with Crippen LogP contribution in [0.2, 0.25) is 0 Å². The van der Waals surface area contributed by atoms with E-state index in [1.165, 1.54) is 35.9 Å². The van der Waals surface area contributed by atoms with Crippen molar-refractivity contribution in [1.29, 1.82) is 0 Å². The number of hydrogen-bond donors (Lipinski definition) is 1. The molecule has 2 fully saturated rings. The fourth-order valence-electron chi connectivity index (χ4n) is 3.66. The van der Waals surface area contributed by atoms with Crippen molar-refractivity contribution in [2.45, 2.75) is 31.9 Å². The summed E-state index contributed by atoms with van der Waals surface area (Å²) in [6.07, 6.45) is -1.11. The van der Waals surface area contributed by atoms with Gasteiger partial charge in [-0.25, -0.2) is 4.79 Å². The molecule has 12 heteroatoms. The highest BCUT2D eigenvalue weighted by Gasteiger charge is 2.36. The number of carbonyl (C=O) groups excluding carboxylic acids is 2. The number of halogens is 3. The Morgan fingerprint density at radius 3 is 2.55 bits per heavy atom. The van der Waals surface area contributed by atoms with Gasteiger partial charge in [0.25, 0.3) is 5.91 Å². The van der Waals surface area contributed by atoms with Gasteiger partial charge in [0, 0.05) is 32.7 Å². The molecule has 1 aromatic carbocycles. The van der Waals surface area contributed by atoms with Gasteiger partial charge in [-0.3, -0.25) is 4.79 Å². The molecular formula is C21H24F3N5O4. The van der Waals surface area contributed by atoms with Crippen LogP contribution in [-0.2, 0) is 6.18 Å². The molecule has 33 heavy (non-hydrogen) atoms. The molecule has 1 aliphatic heterocycles. The van der Waals surface area contributed by atoms with Gasteiger partial charge in [0.05, 0.1) is 11.1 Å². The fraction of sp³-hybridized carbons (Fsp3) is 0.524. The first-order valence-corrected chi connectivity index (χ1v) is 10.8. The standard InChI is InChI=1S/C21H24F3N5O4/c22-21(23,24)16-6-2-1-5-15(16)17(30)28-10-12-29(13-11-28)18-26-27-20(32-18)33-19(31)25-9-3-4-14-7-8-14/h1-2,5-6,14H,3-4,7-13H2,(H,25,31). The number of carbonyl (C=O) groups is 2. The van der Waals surface area contributed by atoms with Crippen LogP contribution in [0.4, 0.5) is 24.0 Å². The van der Waals surface area contributed by atoms with E-state index in [0.29, 0.717) is 6.54 Å². The number of nitrogens with zero attached hydrogens (tertiary/aromatic N) is 4. The van der Waals surface area contributed by atoms with Crippen molar-refractivity contribution in [2.24, 2.45) is 5.92 Å². The number of hydrogen-bond acceptors (Lipinski definition) is 7. The maximum Gasteiger partial charge on any atom is 0.425 e. The summed E-state index contributed by atoms with van der Waals surface area (Å²) in [4.78, 5) is 27.5. The monoisotopic (exact) mass is 467 g/mol. The summed E-state index contributed by atoms with van der Waals surface area (Å²) >= 11 is 0. The molecule has 0 bridgehead atoms. The average molecular weight is 467 g/mol. The molecule has 0 unspecified atom stereocenters. The fourth-order valence-corrected chi connectivity index (χ4v) is 3.66. The Kier molecular flexibility index (Phi) is 6.70. The zero-order chi connectivity index (χ0) is 23.4. The SMILES string of the molecule is O=C(NCCCC1CC1)Oc1nnc(N2CCN(C(=O)c3ccccc3C(F)(F)F)CC2)o1. The number of piperazine rings is 1. The highest BCUT2D eigenvalue weighted by atomic mass is 19.4. The molecule has 2 aliphatic rings. The van der Waals surface area contributed by atoms with Gasteiger partial charge in [-0.15, -0.1) is 0 Å². The lowest BCUT2D eigenvalue weighted by molar-refractivity contribution is -0.138. The number of ether oxygens (including phenoxy) is 1. The molecule has 4 rings (SSSR count). The third-order valence-electron chi connectivity index (χ3n) is 5.63. The summed E-state index contributed by atoms with van der Waals surface area (Å²) in [5.41, 5.74) is -1.34. The second kappa shape index (κ2) is 9.67. The number of anilines is 1. The van der Waals surface area contributed by atoms with Gasteiger partial charge in [-0.05, 0) is 30.9 Å². The van der Waals surface area contributed by atoms with E-state index in [0.717, 1.165) is 24.8 Å². The van der Waals surface area contributed by atoms with Crippen molar-refractivity contribution in [3.63, 3.8) is 0 Å². The van der Waals surface area contributed by atoms with E-state index < -0.39 is 23.7 Å². The molecule has 2 heterocycles. The number of alkyl halides is 3. The van der Waals surface area contributed by atoms with E-state index in [1.54, 1.807) is 4.90 Å². The van der Waals surface area contributed by atoms with Gasteiger partial charge < -0.3 is 24.3 Å². The van der Waals surface area contributed by atoms with Crippen molar-refractivity contribution in [2.75, 3.05) is 37.6 Å². The van der Waals surface area contributed by atoms with Crippen molar-refractivity contribution >= 4 is 18.0 Å². The minimum Gasteiger partial charge on any atom is -0.374 e. The smallest absolute Gasteiger partial charge is 0.374 e. The molecule has 0 atom stereocenters. The molecule has 2 amide bonds. The normalized spacial score (nSPS) is 16.6. The van der Waals surface area contributed by atoms with Gasteiger partial charge in [0.2, 0.25) is 0 Å². The molecule has 0 radical (unpaired) electrons. The van der Waals surface area contributed by atoms with Crippen LogP contribution in [0, 0.1) is 5.92 Å². The Bertz CT molecular complexity index is 984. The summed E-state index contributed by atoms with van der Waals surface area (Å²) in [7, 11) is 0. The van der Waals surface area contributed by atoms with Crippen molar-refractivity contribution in [3.8, 4) is 6.08 Å². The van der Waals surface area contributed by atoms with Crippen LogP contribution in [0.15, 0.2) is 28.7 Å². The highest BCUT2D eigenvalue weighted by Crippen LogP contribution is 2.33. The first kappa shape index (κ1) is 22.9. The summed E-state index contributed by atoms with van der Waals surface area (Å²) < 4.78 is 50.0. The summed E-state index contributed by atoms with van der Waals surface area (Å²) in [6, 6.07) is 4.83. The summed E-state index contributed by atoms with van der Waals surface area (Å²) in [5, 5.41) is 10.2. The van der Waals surface area contributed by atoms with Gasteiger partial charge in [-0.2, -0.15) is 13.2 Å². The van der Waals surface area contributed by atoms with Crippen LogP contribution in [-0.4, -0.2) is 59.8 Å². The lowest BCUT2D eigenvalue weighted by atomic mass is 10.1. The lowest BCUT2D eigenvalue weighted by Crippen LogP contribution is -2.49. The molecule has 1 N–H and O–H groups in total. The van der Waals surface area contributed by atoms with Gasteiger partial charge in [-0.1, -0.05) is 35.2 Å². The Morgan fingerprint density at radius 2 is 1.85 bits per heavy atom. The van der Waals surface area contributed by atoms with E-state index in [1.807, 2.05) is 0 Å². The van der Waals surface area contributed by atoms with Crippen LogP contribution in [0.3, 0.4) is 0 Å². The predicted molar refractivity (Wildman–Crippen MR) is 110 cm³/mol. The maximum absolute atomic E-state index is 13.2. The van der Waals surface area contributed by atoms with Crippen LogP contribution >= 0.6 is 0 Å². The number of benzene rings is 1. The Labute approximate surface area is 187 Å². The Balaban J connectivity index is 1.27. The lowest BCUT2D eigenvalue weighted by Gasteiger charge is -2.34.